The largest absolute Gasteiger partial charge is 0.457 e. The second-order valence-electron chi connectivity index (χ2n) is 16.3. The van der Waals surface area contributed by atoms with E-state index in [9.17, 15) is 0 Å². The predicted molar refractivity (Wildman–Crippen MR) is 252 cm³/mol. The zero-order chi connectivity index (χ0) is 41.5. The van der Waals surface area contributed by atoms with E-state index in [1.165, 1.54) is 27.8 Å². The van der Waals surface area contributed by atoms with Crippen molar-refractivity contribution in [3.05, 3.63) is 235 Å². The van der Waals surface area contributed by atoms with Gasteiger partial charge in [-0.25, -0.2) is 15.0 Å². The Bertz CT molecular complexity index is 3570. The quantitative estimate of drug-likeness (QED) is 0.173. The number of nitrogens with zero attached hydrogens (tertiary/aromatic N) is 3. The van der Waals surface area contributed by atoms with Crippen molar-refractivity contribution < 1.29 is 9.15 Å². The highest BCUT2D eigenvalue weighted by Gasteiger charge is 2.51. The summed E-state index contributed by atoms with van der Waals surface area (Å²) in [6.45, 7) is 0. The highest BCUT2D eigenvalue weighted by Crippen LogP contribution is 2.62. The maximum absolute atomic E-state index is 6.70. The molecule has 1 aliphatic heterocycles. The molecule has 0 N–H and O–H groups in total. The van der Waals surface area contributed by atoms with Gasteiger partial charge in [-0.2, -0.15) is 0 Å². The van der Waals surface area contributed by atoms with E-state index in [2.05, 4.69) is 158 Å². The maximum Gasteiger partial charge on any atom is 0.164 e. The topological polar surface area (TPSA) is 61.0 Å². The highest BCUT2D eigenvalue weighted by atomic mass is 16.5. The lowest BCUT2D eigenvalue weighted by molar-refractivity contribution is 0.436. The van der Waals surface area contributed by atoms with Gasteiger partial charge in [-0.1, -0.05) is 158 Å². The number of benzene rings is 9. The minimum Gasteiger partial charge on any atom is -0.457 e. The van der Waals surface area contributed by atoms with Gasteiger partial charge in [-0.15, -0.1) is 0 Å². The van der Waals surface area contributed by atoms with Crippen LogP contribution in [0.5, 0.6) is 11.5 Å². The number of aromatic nitrogens is 3. The lowest BCUT2D eigenvalue weighted by atomic mass is 9.66. The Morgan fingerprint density at radius 1 is 0.302 bits per heavy atom. The summed E-state index contributed by atoms with van der Waals surface area (Å²) < 4.78 is 13.3. The average Bonchev–Trinajstić information content (AvgIpc) is 3.86. The molecule has 0 unspecified atom stereocenters. The lowest BCUT2D eigenvalue weighted by Crippen LogP contribution is -2.32. The second kappa shape index (κ2) is 13.8. The van der Waals surface area contributed by atoms with Crippen LogP contribution in [0.1, 0.15) is 22.3 Å². The minimum atomic E-state index is -0.585. The van der Waals surface area contributed by atoms with Gasteiger partial charge in [0.05, 0.1) is 5.41 Å². The molecule has 5 heteroatoms. The van der Waals surface area contributed by atoms with Gasteiger partial charge < -0.3 is 9.15 Å². The molecule has 0 fully saturated rings. The van der Waals surface area contributed by atoms with Crippen LogP contribution in [-0.2, 0) is 5.41 Å². The van der Waals surface area contributed by atoms with Gasteiger partial charge in [0.25, 0.3) is 0 Å². The van der Waals surface area contributed by atoms with Crippen LogP contribution in [0, 0.1) is 0 Å². The first-order valence-corrected chi connectivity index (χ1v) is 21.2. The standard InChI is InChI=1S/C58H35N3O2/c1-3-15-36(16-4-1)38-19-13-20-39(31-38)40-21-14-22-41(32-40)56-59-55(37-17-5-2-6-18-37)60-57(61-56)42-29-30-51-45(33-42)46-34-50-44(35-54(46)62-51)43-23-7-8-24-47(43)58(50)48-25-9-11-27-52(48)63-53-28-12-10-26-49(53)58/h1-35H. The van der Waals surface area contributed by atoms with Crippen LogP contribution in [0.25, 0.3) is 89.5 Å². The van der Waals surface area contributed by atoms with Crippen LogP contribution < -0.4 is 4.74 Å². The van der Waals surface area contributed by atoms with E-state index in [1.54, 1.807) is 0 Å². The molecule has 294 valence electrons. The average molecular weight is 806 g/mol. The number of fused-ring (bicyclic) bond motifs is 12. The highest BCUT2D eigenvalue weighted by molar-refractivity contribution is 6.09. The molecule has 0 atom stereocenters. The maximum atomic E-state index is 6.70. The van der Waals surface area contributed by atoms with Gasteiger partial charge in [0, 0.05) is 38.6 Å². The van der Waals surface area contributed by atoms with Crippen LogP contribution in [-0.4, -0.2) is 15.0 Å². The molecular weight excluding hydrogens is 771 g/mol. The smallest absolute Gasteiger partial charge is 0.164 e. The Labute approximate surface area is 363 Å². The number of furan rings is 1. The lowest BCUT2D eigenvalue weighted by Gasteiger charge is -2.39. The van der Waals surface area contributed by atoms with Crippen molar-refractivity contribution in [1.82, 2.24) is 15.0 Å². The van der Waals surface area contributed by atoms with E-state index >= 15 is 0 Å². The number of para-hydroxylation sites is 2. The third-order valence-electron chi connectivity index (χ3n) is 12.8. The summed E-state index contributed by atoms with van der Waals surface area (Å²) >= 11 is 0. The Balaban J connectivity index is 0.981. The molecule has 13 rings (SSSR count). The first kappa shape index (κ1) is 35.4. The van der Waals surface area contributed by atoms with Crippen molar-refractivity contribution >= 4 is 21.9 Å². The van der Waals surface area contributed by atoms with Crippen molar-refractivity contribution in [1.29, 1.82) is 0 Å². The van der Waals surface area contributed by atoms with Gasteiger partial charge in [-0.3, -0.25) is 0 Å². The fourth-order valence-electron chi connectivity index (χ4n) is 9.96. The fraction of sp³-hybridized carbons (Fsp3) is 0.0172. The molecular formula is C58H35N3O2. The molecule has 63 heavy (non-hydrogen) atoms. The summed E-state index contributed by atoms with van der Waals surface area (Å²) in [5.74, 6) is 3.53. The monoisotopic (exact) mass is 805 g/mol. The molecule has 1 aliphatic carbocycles. The van der Waals surface area contributed by atoms with E-state index in [1.807, 2.05) is 54.6 Å². The zero-order valence-electron chi connectivity index (χ0n) is 33.9. The molecule has 0 saturated carbocycles. The zero-order valence-corrected chi connectivity index (χ0v) is 33.9. The number of hydrogen-bond donors (Lipinski definition) is 0. The van der Waals surface area contributed by atoms with Crippen LogP contribution in [0.3, 0.4) is 0 Å². The third-order valence-corrected chi connectivity index (χ3v) is 12.8. The molecule has 1 spiro atoms. The molecule has 2 aliphatic rings. The van der Waals surface area contributed by atoms with Crippen molar-refractivity contribution in [3.63, 3.8) is 0 Å². The molecule has 0 saturated heterocycles. The van der Waals surface area contributed by atoms with Gasteiger partial charge in [0.1, 0.15) is 22.7 Å². The summed E-state index contributed by atoms with van der Waals surface area (Å²) in [6.07, 6.45) is 0. The molecule has 5 nitrogen and oxygen atoms in total. The summed E-state index contributed by atoms with van der Waals surface area (Å²) in [4.78, 5) is 15.4. The van der Waals surface area contributed by atoms with Crippen molar-refractivity contribution in [2.45, 2.75) is 5.41 Å². The first-order chi connectivity index (χ1) is 31.2. The van der Waals surface area contributed by atoms with Gasteiger partial charge in [0.2, 0.25) is 0 Å². The first-order valence-electron chi connectivity index (χ1n) is 21.2. The number of ether oxygens (including phenoxy) is 1. The van der Waals surface area contributed by atoms with Crippen molar-refractivity contribution in [3.8, 4) is 79.0 Å². The predicted octanol–water partition coefficient (Wildman–Crippen LogP) is 14.6. The molecule has 3 heterocycles. The third kappa shape index (κ3) is 5.46. The normalized spacial score (nSPS) is 13.0. The Morgan fingerprint density at radius 2 is 0.794 bits per heavy atom. The Kier molecular flexibility index (Phi) is 7.75. The van der Waals surface area contributed by atoms with Gasteiger partial charge >= 0.3 is 0 Å². The molecule has 9 aromatic carbocycles. The van der Waals surface area contributed by atoms with E-state index in [-0.39, 0.29) is 0 Å². The number of rotatable bonds is 5. The minimum absolute atomic E-state index is 0.585. The van der Waals surface area contributed by atoms with E-state index < -0.39 is 5.41 Å². The Hall–Kier alpha value is -8.41. The fourth-order valence-corrected chi connectivity index (χ4v) is 9.96. The molecule has 2 aromatic heterocycles. The van der Waals surface area contributed by atoms with E-state index in [0.29, 0.717) is 17.5 Å². The molecule has 0 amide bonds. The summed E-state index contributed by atoms with van der Waals surface area (Å²) in [5.41, 5.74) is 15.4. The summed E-state index contributed by atoms with van der Waals surface area (Å²) in [6, 6.07) is 74.3. The van der Waals surface area contributed by atoms with Crippen LogP contribution >= 0.6 is 0 Å². The van der Waals surface area contributed by atoms with Crippen LogP contribution in [0.2, 0.25) is 0 Å². The second-order valence-corrected chi connectivity index (χ2v) is 16.3. The molecule has 0 radical (unpaired) electrons. The Morgan fingerprint density at radius 3 is 1.48 bits per heavy atom. The SMILES string of the molecule is c1ccc(-c2cccc(-c3cccc(-c4nc(-c5ccccc5)nc(-c5ccc6oc7cc8c(cc7c6c5)C5(c6ccccc6Oc6ccccc65)c5ccccc5-8)n4)c3)c2)cc1. The van der Waals surface area contributed by atoms with E-state index in [0.717, 1.165) is 77.9 Å². The van der Waals surface area contributed by atoms with Gasteiger partial charge in [0.15, 0.2) is 17.5 Å². The molecule has 0 bridgehead atoms. The molecule has 11 aromatic rings. The number of hydrogen-bond acceptors (Lipinski definition) is 5. The van der Waals surface area contributed by atoms with Crippen molar-refractivity contribution in [2.75, 3.05) is 0 Å². The van der Waals surface area contributed by atoms with Crippen LogP contribution in [0.4, 0.5) is 0 Å². The summed E-state index contributed by atoms with van der Waals surface area (Å²) in [5, 5.41) is 2.02. The van der Waals surface area contributed by atoms with Crippen LogP contribution in [0.15, 0.2) is 217 Å². The van der Waals surface area contributed by atoms with E-state index in [4.69, 9.17) is 24.1 Å². The van der Waals surface area contributed by atoms with Gasteiger partial charge in [-0.05, 0) is 99.1 Å². The summed E-state index contributed by atoms with van der Waals surface area (Å²) in [7, 11) is 0. The van der Waals surface area contributed by atoms with Crippen molar-refractivity contribution in [2.24, 2.45) is 0 Å².